The van der Waals surface area contributed by atoms with Crippen LogP contribution >= 0.6 is 35.3 Å². The molecule has 3 rings (SSSR count). The summed E-state index contributed by atoms with van der Waals surface area (Å²) < 4.78 is 11.6. The summed E-state index contributed by atoms with van der Waals surface area (Å²) in [6, 6.07) is 8.65. The number of thiocarbonyl (C=S) groups is 1. The topological polar surface area (TPSA) is 55.8 Å². The van der Waals surface area contributed by atoms with E-state index in [4.69, 9.17) is 21.7 Å². The van der Waals surface area contributed by atoms with Crippen LogP contribution in [0.15, 0.2) is 53.3 Å². The van der Waals surface area contributed by atoms with Gasteiger partial charge < -0.3 is 9.47 Å². The maximum Gasteiger partial charge on any atom is 0.353 e. The van der Waals surface area contributed by atoms with Crippen molar-refractivity contribution in [2.45, 2.75) is 6.92 Å². The normalized spacial score (nSPS) is 15.2. The van der Waals surface area contributed by atoms with Crippen molar-refractivity contribution in [3.05, 3.63) is 63.7 Å². The number of thioether (sulfide) groups is 1. The zero-order valence-corrected chi connectivity index (χ0v) is 17.5. The molecule has 1 saturated heterocycles. The number of amides is 1. The van der Waals surface area contributed by atoms with Gasteiger partial charge in [-0.1, -0.05) is 42.2 Å². The van der Waals surface area contributed by atoms with Crippen LogP contribution in [0.5, 0.6) is 11.5 Å². The number of hydrogen-bond donors (Lipinski definition) is 0. The van der Waals surface area contributed by atoms with E-state index in [2.05, 4.69) is 6.58 Å². The van der Waals surface area contributed by atoms with E-state index >= 15 is 0 Å². The lowest BCUT2D eigenvalue weighted by Gasteiger charge is -2.11. The Hall–Kier alpha value is -2.42. The fourth-order valence-electron chi connectivity index (χ4n) is 2.45. The summed E-state index contributed by atoms with van der Waals surface area (Å²) in [5.41, 5.74) is 0.749. The molecule has 1 aliphatic rings. The molecular formula is C20H17NO4S3. The molecular weight excluding hydrogens is 414 g/mol. The van der Waals surface area contributed by atoms with Crippen molar-refractivity contribution < 1.29 is 19.1 Å². The van der Waals surface area contributed by atoms with Crippen LogP contribution < -0.4 is 9.47 Å². The van der Waals surface area contributed by atoms with Gasteiger partial charge in [-0.25, -0.2) is 4.79 Å². The van der Waals surface area contributed by atoms with Gasteiger partial charge >= 0.3 is 5.97 Å². The van der Waals surface area contributed by atoms with Crippen LogP contribution in [0.3, 0.4) is 0 Å². The van der Waals surface area contributed by atoms with Gasteiger partial charge in [-0.05, 0) is 42.1 Å². The number of nitrogens with zero attached hydrogens (tertiary/aromatic N) is 1. The molecule has 1 aromatic heterocycles. The average molecular weight is 432 g/mol. The SMILES string of the molecule is C=CCN1C(=O)/C(=C\c2ccc(OC(=O)c3cccs3)c(OCC)c2)SC1=S. The second-order valence-corrected chi connectivity index (χ2v) is 8.21. The number of hydrogen-bond acceptors (Lipinski definition) is 7. The van der Waals surface area contributed by atoms with Gasteiger partial charge in [-0.2, -0.15) is 0 Å². The van der Waals surface area contributed by atoms with Crippen molar-refractivity contribution in [1.29, 1.82) is 0 Å². The molecule has 2 heterocycles. The Balaban J connectivity index is 1.84. The first-order chi connectivity index (χ1) is 13.5. The van der Waals surface area contributed by atoms with Crippen molar-refractivity contribution >= 4 is 57.6 Å². The predicted octanol–water partition coefficient (Wildman–Crippen LogP) is 4.75. The molecule has 1 amide bonds. The van der Waals surface area contributed by atoms with Crippen molar-refractivity contribution in [1.82, 2.24) is 4.90 Å². The minimum absolute atomic E-state index is 0.152. The highest BCUT2D eigenvalue weighted by Crippen LogP contribution is 2.35. The monoisotopic (exact) mass is 431 g/mol. The van der Waals surface area contributed by atoms with Gasteiger partial charge in [-0.3, -0.25) is 9.69 Å². The molecule has 1 aliphatic heterocycles. The van der Waals surface area contributed by atoms with Crippen LogP contribution in [-0.2, 0) is 4.79 Å². The van der Waals surface area contributed by atoms with E-state index in [0.29, 0.717) is 38.8 Å². The molecule has 28 heavy (non-hydrogen) atoms. The van der Waals surface area contributed by atoms with Crippen LogP contribution in [0.2, 0.25) is 0 Å². The Morgan fingerprint density at radius 3 is 2.82 bits per heavy atom. The van der Waals surface area contributed by atoms with Crippen LogP contribution in [0.4, 0.5) is 0 Å². The summed E-state index contributed by atoms with van der Waals surface area (Å²) in [6.45, 7) is 6.28. The number of benzene rings is 1. The Bertz CT molecular complexity index is 950. The Kier molecular flexibility index (Phi) is 6.66. The molecule has 8 heteroatoms. The van der Waals surface area contributed by atoms with Crippen molar-refractivity contribution in [2.75, 3.05) is 13.2 Å². The maximum atomic E-state index is 12.5. The van der Waals surface area contributed by atoms with E-state index < -0.39 is 5.97 Å². The fourth-order valence-corrected chi connectivity index (χ4v) is 4.32. The maximum absolute atomic E-state index is 12.5. The summed E-state index contributed by atoms with van der Waals surface area (Å²) in [5.74, 6) is 0.175. The minimum Gasteiger partial charge on any atom is -0.490 e. The molecule has 0 aliphatic carbocycles. The van der Waals surface area contributed by atoms with Crippen molar-refractivity contribution in [3.8, 4) is 11.5 Å². The molecule has 2 aromatic rings. The van der Waals surface area contributed by atoms with Crippen molar-refractivity contribution in [2.24, 2.45) is 0 Å². The zero-order valence-electron chi connectivity index (χ0n) is 15.0. The molecule has 0 saturated carbocycles. The first-order valence-corrected chi connectivity index (χ1v) is 10.5. The number of thiophene rings is 1. The second-order valence-electron chi connectivity index (χ2n) is 5.59. The number of carbonyl (C=O) groups is 2. The molecule has 144 valence electrons. The summed E-state index contributed by atoms with van der Waals surface area (Å²) in [5, 5.41) is 1.81. The van der Waals surface area contributed by atoms with E-state index in [9.17, 15) is 9.59 Å². The van der Waals surface area contributed by atoms with E-state index in [1.165, 1.54) is 28.0 Å². The van der Waals surface area contributed by atoms with E-state index in [-0.39, 0.29) is 5.91 Å². The zero-order chi connectivity index (χ0) is 20.1. The third kappa shape index (κ3) is 4.52. The van der Waals surface area contributed by atoms with E-state index in [1.54, 1.807) is 42.5 Å². The highest BCUT2D eigenvalue weighted by atomic mass is 32.2. The quantitative estimate of drug-likeness (QED) is 0.207. The van der Waals surface area contributed by atoms with E-state index in [0.717, 1.165) is 5.56 Å². The number of carbonyl (C=O) groups excluding carboxylic acids is 2. The highest BCUT2D eigenvalue weighted by molar-refractivity contribution is 8.26. The van der Waals surface area contributed by atoms with Gasteiger partial charge in [0.05, 0.1) is 11.5 Å². The highest BCUT2D eigenvalue weighted by Gasteiger charge is 2.31. The first kappa shape index (κ1) is 20.3. The third-order valence-corrected chi connectivity index (χ3v) is 5.90. The van der Waals surface area contributed by atoms with Crippen LogP contribution in [-0.4, -0.2) is 34.2 Å². The average Bonchev–Trinajstić information content (AvgIpc) is 3.29. The standard InChI is InChI=1S/C20H17NO4S3/c1-3-9-21-18(22)17(28-20(21)26)12-13-7-8-14(15(11-13)24-4-2)25-19(23)16-6-5-10-27-16/h3,5-8,10-12H,1,4,9H2,2H3/b17-12+. The number of ether oxygens (including phenoxy) is 2. The molecule has 1 fully saturated rings. The largest absolute Gasteiger partial charge is 0.490 e. The molecule has 0 bridgehead atoms. The summed E-state index contributed by atoms with van der Waals surface area (Å²) >= 11 is 7.80. The predicted molar refractivity (Wildman–Crippen MR) is 117 cm³/mol. The van der Waals surface area contributed by atoms with Crippen LogP contribution in [0.25, 0.3) is 6.08 Å². The van der Waals surface area contributed by atoms with Crippen LogP contribution in [0, 0.1) is 0 Å². The van der Waals surface area contributed by atoms with Crippen molar-refractivity contribution in [3.63, 3.8) is 0 Å². The smallest absolute Gasteiger partial charge is 0.353 e. The molecule has 0 N–H and O–H groups in total. The summed E-state index contributed by atoms with van der Waals surface area (Å²) in [4.78, 5) is 27.2. The Labute approximate surface area is 176 Å². The lowest BCUT2D eigenvalue weighted by Crippen LogP contribution is -2.27. The minimum atomic E-state index is -0.436. The molecule has 0 radical (unpaired) electrons. The lowest BCUT2D eigenvalue weighted by atomic mass is 10.2. The van der Waals surface area contributed by atoms with Gasteiger partial charge in [0, 0.05) is 6.54 Å². The first-order valence-electron chi connectivity index (χ1n) is 8.42. The number of rotatable bonds is 7. The summed E-state index contributed by atoms with van der Waals surface area (Å²) in [6.07, 6.45) is 3.38. The van der Waals surface area contributed by atoms with Gasteiger partial charge in [-0.15, -0.1) is 17.9 Å². The lowest BCUT2D eigenvalue weighted by molar-refractivity contribution is -0.121. The summed E-state index contributed by atoms with van der Waals surface area (Å²) in [7, 11) is 0. The van der Waals surface area contributed by atoms with Gasteiger partial charge in [0.25, 0.3) is 5.91 Å². The Morgan fingerprint density at radius 1 is 1.32 bits per heavy atom. The van der Waals surface area contributed by atoms with Gasteiger partial charge in [0.2, 0.25) is 0 Å². The van der Waals surface area contributed by atoms with E-state index in [1.807, 2.05) is 12.3 Å². The molecule has 0 spiro atoms. The van der Waals surface area contributed by atoms with Gasteiger partial charge in [0.1, 0.15) is 9.20 Å². The van der Waals surface area contributed by atoms with Crippen LogP contribution in [0.1, 0.15) is 22.2 Å². The fraction of sp³-hybridized carbons (Fsp3) is 0.150. The molecule has 0 atom stereocenters. The third-order valence-electron chi connectivity index (χ3n) is 3.68. The molecule has 1 aromatic carbocycles. The number of esters is 1. The molecule has 0 unspecified atom stereocenters. The second kappa shape index (κ2) is 9.18. The van der Waals surface area contributed by atoms with Gasteiger partial charge in [0.15, 0.2) is 11.5 Å². The Morgan fingerprint density at radius 2 is 2.14 bits per heavy atom. The molecule has 5 nitrogen and oxygen atoms in total.